The van der Waals surface area contributed by atoms with E-state index in [9.17, 15) is 4.79 Å². The van der Waals surface area contributed by atoms with Gasteiger partial charge in [0.15, 0.2) is 5.82 Å². The lowest BCUT2D eigenvalue weighted by Crippen LogP contribution is -2.21. The topological polar surface area (TPSA) is 108 Å². The predicted molar refractivity (Wildman–Crippen MR) is 105 cm³/mol. The third-order valence-corrected chi connectivity index (χ3v) is 5.23. The molecule has 27 heavy (non-hydrogen) atoms. The molecule has 1 atom stereocenters. The van der Waals surface area contributed by atoms with E-state index in [2.05, 4.69) is 21.6 Å². The van der Waals surface area contributed by atoms with E-state index < -0.39 is 0 Å². The molecule has 136 valence electrons. The lowest BCUT2D eigenvalue weighted by molar-refractivity contribution is 0.102. The van der Waals surface area contributed by atoms with Crippen molar-refractivity contribution < 1.29 is 4.79 Å². The highest BCUT2D eigenvalue weighted by Gasteiger charge is 2.17. The summed E-state index contributed by atoms with van der Waals surface area (Å²) < 4.78 is 0. The first kappa shape index (κ1) is 17.3. The number of H-pyrrole nitrogens is 1. The van der Waals surface area contributed by atoms with E-state index in [4.69, 9.17) is 11.0 Å². The number of nitriles is 1. The van der Waals surface area contributed by atoms with Crippen LogP contribution < -0.4 is 11.1 Å². The number of hydrogen-bond donors (Lipinski definition) is 3. The van der Waals surface area contributed by atoms with E-state index in [1.165, 1.54) is 5.56 Å². The number of fused-ring (bicyclic) bond motifs is 2. The third kappa shape index (κ3) is 3.29. The molecule has 4 rings (SSSR count). The monoisotopic (exact) mass is 359 g/mol. The molecule has 1 heterocycles. The van der Waals surface area contributed by atoms with Crippen LogP contribution in [0, 0.1) is 18.3 Å². The smallest absolute Gasteiger partial charge is 0.256 e. The van der Waals surface area contributed by atoms with Crippen molar-refractivity contribution in [3.8, 4) is 6.07 Å². The number of rotatable bonds is 2. The van der Waals surface area contributed by atoms with Crippen LogP contribution in [0.1, 0.15) is 45.5 Å². The van der Waals surface area contributed by atoms with E-state index in [1.54, 1.807) is 6.07 Å². The van der Waals surface area contributed by atoms with Gasteiger partial charge in [-0.25, -0.2) is 0 Å². The lowest BCUT2D eigenvalue weighted by atomic mass is 9.99. The molecule has 2 aromatic carbocycles. The zero-order valence-electron chi connectivity index (χ0n) is 15.2. The first-order valence-corrected chi connectivity index (χ1v) is 9.12. The number of anilines is 1. The zero-order valence-corrected chi connectivity index (χ0v) is 15.2. The van der Waals surface area contributed by atoms with Gasteiger partial charge < -0.3 is 11.1 Å². The van der Waals surface area contributed by atoms with E-state index in [0.717, 1.165) is 47.7 Å². The number of benzene rings is 2. The summed E-state index contributed by atoms with van der Waals surface area (Å²) in [6.45, 7) is 1.87. The Bertz CT molecular complexity index is 1080. The third-order valence-electron chi connectivity index (χ3n) is 5.23. The summed E-state index contributed by atoms with van der Waals surface area (Å²) >= 11 is 0. The molecular formula is C21H21N5O. The normalized spacial score (nSPS) is 16.4. The summed E-state index contributed by atoms with van der Waals surface area (Å²) in [5, 5.41) is 19.9. The van der Waals surface area contributed by atoms with Crippen molar-refractivity contribution in [3.63, 3.8) is 0 Å². The Kier molecular flexibility index (Phi) is 4.38. The highest BCUT2D eigenvalue weighted by molar-refractivity contribution is 6.08. The molecular weight excluding hydrogens is 338 g/mol. The quantitative estimate of drug-likeness (QED) is 0.611. The first-order valence-electron chi connectivity index (χ1n) is 9.12. The molecule has 0 saturated heterocycles. The molecule has 6 heteroatoms. The molecule has 1 aliphatic rings. The fraction of sp³-hybridized carbons (Fsp3) is 0.286. The molecule has 0 bridgehead atoms. The number of nitrogens with two attached hydrogens (primary N) is 1. The minimum absolute atomic E-state index is 0.150. The number of hydrogen-bond acceptors (Lipinski definition) is 4. The van der Waals surface area contributed by atoms with Crippen molar-refractivity contribution in [3.05, 3.63) is 58.1 Å². The van der Waals surface area contributed by atoms with Crippen molar-refractivity contribution in [1.82, 2.24) is 10.2 Å². The number of carbonyl (C=O) groups is 1. The average Bonchev–Trinajstić information content (AvgIpc) is 2.92. The van der Waals surface area contributed by atoms with Crippen molar-refractivity contribution in [2.24, 2.45) is 5.73 Å². The molecule has 0 radical (unpaired) electrons. The van der Waals surface area contributed by atoms with E-state index in [-0.39, 0.29) is 11.9 Å². The molecule has 0 spiro atoms. The summed E-state index contributed by atoms with van der Waals surface area (Å²) in [7, 11) is 0. The molecule has 1 amide bonds. The van der Waals surface area contributed by atoms with Crippen molar-refractivity contribution in [1.29, 1.82) is 5.26 Å². The zero-order chi connectivity index (χ0) is 19.0. The average molecular weight is 359 g/mol. The Balaban J connectivity index is 1.62. The summed E-state index contributed by atoms with van der Waals surface area (Å²) in [6.07, 6.45) is 3.91. The summed E-state index contributed by atoms with van der Waals surface area (Å²) in [5.41, 5.74) is 11.4. The van der Waals surface area contributed by atoms with Crippen LogP contribution in [0.15, 0.2) is 30.3 Å². The second-order valence-electron chi connectivity index (χ2n) is 7.19. The van der Waals surface area contributed by atoms with Gasteiger partial charge in [0, 0.05) is 17.0 Å². The van der Waals surface area contributed by atoms with Gasteiger partial charge in [-0.2, -0.15) is 10.4 Å². The molecule has 3 aromatic rings. The van der Waals surface area contributed by atoms with Gasteiger partial charge in [0.1, 0.15) is 0 Å². The standard InChI is InChI=1S/C21H21N5O/c1-12-7-18-19(10-16(12)11-22)25-26-20(18)24-21(27)14-6-5-13-3-2-4-17(23)9-15(13)8-14/h5-8,10,17H,2-4,9,23H2,1H3,(H2,24,25,26,27). The van der Waals surface area contributed by atoms with Gasteiger partial charge in [-0.05, 0) is 73.6 Å². The molecule has 0 fully saturated rings. The minimum Gasteiger partial charge on any atom is -0.327 e. The summed E-state index contributed by atoms with van der Waals surface area (Å²) in [6, 6.07) is 11.8. The molecule has 1 aliphatic carbocycles. The number of nitrogens with zero attached hydrogens (tertiary/aromatic N) is 2. The number of carbonyl (C=O) groups excluding carboxylic acids is 1. The minimum atomic E-state index is -0.203. The fourth-order valence-corrected chi connectivity index (χ4v) is 3.71. The Morgan fingerprint density at radius 2 is 2.19 bits per heavy atom. The van der Waals surface area contributed by atoms with Crippen LogP contribution in [0.3, 0.4) is 0 Å². The predicted octanol–water partition coefficient (Wildman–Crippen LogP) is 3.20. The van der Waals surface area contributed by atoms with Gasteiger partial charge in [0.25, 0.3) is 5.91 Å². The Hall–Kier alpha value is -3.17. The number of nitrogens with one attached hydrogen (secondary N) is 2. The Morgan fingerprint density at radius 1 is 1.33 bits per heavy atom. The molecule has 0 saturated carbocycles. The summed E-state index contributed by atoms with van der Waals surface area (Å²) in [4.78, 5) is 12.8. The van der Waals surface area contributed by atoms with Crippen LogP contribution in [0.4, 0.5) is 5.82 Å². The maximum atomic E-state index is 12.8. The van der Waals surface area contributed by atoms with E-state index in [0.29, 0.717) is 16.9 Å². The summed E-state index contributed by atoms with van der Waals surface area (Å²) in [5.74, 6) is 0.264. The highest BCUT2D eigenvalue weighted by Crippen LogP contribution is 2.25. The lowest BCUT2D eigenvalue weighted by Gasteiger charge is -2.11. The van der Waals surface area contributed by atoms with E-state index >= 15 is 0 Å². The Morgan fingerprint density at radius 3 is 3.00 bits per heavy atom. The molecule has 6 nitrogen and oxygen atoms in total. The van der Waals surface area contributed by atoms with Gasteiger partial charge in [0.05, 0.1) is 17.1 Å². The molecule has 1 unspecified atom stereocenters. The number of aryl methyl sites for hydroxylation is 2. The molecule has 0 aliphatic heterocycles. The van der Waals surface area contributed by atoms with Gasteiger partial charge >= 0.3 is 0 Å². The number of aromatic nitrogens is 2. The van der Waals surface area contributed by atoms with Crippen LogP contribution in [0.2, 0.25) is 0 Å². The van der Waals surface area contributed by atoms with Crippen LogP contribution in [-0.2, 0) is 12.8 Å². The maximum absolute atomic E-state index is 12.8. The molecule has 1 aromatic heterocycles. The number of amides is 1. The van der Waals surface area contributed by atoms with Crippen molar-refractivity contribution >= 4 is 22.6 Å². The van der Waals surface area contributed by atoms with Gasteiger partial charge in [-0.3, -0.25) is 9.89 Å². The fourth-order valence-electron chi connectivity index (χ4n) is 3.71. The largest absolute Gasteiger partial charge is 0.327 e. The van der Waals surface area contributed by atoms with Crippen LogP contribution in [0.5, 0.6) is 0 Å². The molecule has 4 N–H and O–H groups in total. The second kappa shape index (κ2) is 6.86. The Labute approximate surface area is 157 Å². The SMILES string of the molecule is Cc1cc2c(NC(=O)c3ccc4c(c3)CC(N)CCC4)n[nH]c2cc1C#N. The van der Waals surface area contributed by atoms with Gasteiger partial charge in [0.2, 0.25) is 0 Å². The van der Waals surface area contributed by atoms with Crippen LogP contribution in [-0.4, -0.2) is 22.1 Å². The van der Waals surface area contributed by atoms with Gasteiger partial charge in [-0.15, -0.1) is 0 Å². The van der Waals surface area contributed by atoms with Crippen LogP contribution >= 0.6 is 0 Å². The van der Waals surface area contributed by atoms with Crippen molar-refractivity contribution in [2.45, 2.75) is 38.6 Å². The van der Waals surface area contributed by atoms with E-state index in [1.807, 2.05) is 31.2 Å². The highest BCUT2D eigenvalue weighted by atomic mass is 16.1. The first-order chi connectivity index (χ1) is 13.0. The van der Waals surface area contributed by atoms with Gasteiger partial charge in [-0.1, -0.05) is 6.07 Å². The van der Waals surface area contributed by atoms with Crippen molar-refractivity contribution in [2.75, 3.05) is 5.32 Å². The maximum Gasteiger partial charge on any atom is 0.256 e. The number of aromatic amines is 1. The van der Waals surface area contributed by atoms with Crippen LogP contribution in [0.25, 0.3) is 10.9 Å². The second-order valence-corrected chi connectivity index (χ2v) is 7.19.